The predicted molar refractivity (Wildman–Crippen MR) is 74.0 cm³/mol. The van der Waals surface area contributed by atoms with Crippen molar-refractivity contribution >= 4 is 5.91 Å². The number of carbonyl (C=O) groups excluding carboxylic acids is 1. The first-order valence-electron chi connectivity index (χ1n) is 7.31. The van der Waals surface area contributed by atoms with E-state index < -0.39 is 0 Å². The fourth-order valence-electron chi connectivity index (χ4n) is 2.57. The van der Waals surface area contributed by atoms with Gasteiger partial charge in [0.2, 0.25) is 5.82 Å². The predicted octanol–water partition coefficient (Wildman–Crippen LogP) is 2.63. The maximum atomic E-state index is 12.2. The first kappa shape index (κ1) is 14.0. The lowest BCUT2D eigenvalue weighted by Crippen LogP contribution is -2.39. The van der Waals surface area contributed by atoms with E-state index in [1.165, 1.54) is 25.7 Å². The van der Waals surface area contributed by atoms with Crippen molar-refractivity contribution in [3.63, 3.8) is 0 Å². The number of carbonyl (C=O) groups is 1. The smallest absolute Gasteiger partial charge is 0.291 e. The second-order valence-electron chi connectivity index (χ2n) is 5.89. The fourth-order valence-corrected chi connectivity index (χ4v) is 2.57. The molecular weight excluding hydrogens is 240 g/mol. The third kappa shape index (κ3) is 3.55. The molecule has 0 aromatic carbocycles. The van der Waals surface area contributed by atoms with E-state index in [4.69, 9.17) is 0 Å². The Kier molecular flexibility index (Phi) is 4.56. The molecule has 19 heavy (non-hydrogen) atoms. The Balaban J connectivity index is 1.98. The Morgan fingerprint density at radius 3 is 2.74 bits per heavy atom. The molecule has 5 heteroatoms. The van der Waals surface area contributed by atoms with Crippen molar-refractivity contribution in [2.45, 2.75) is 64.8 Å². The van der Waals surface area contributed by atoms with Crippen LogP contribution in [0.3, 0.4) is 0 Å². The van der Waals surface area contributed by atoms with E-state index in [0.29, 0.717) is 5.92 Å². The van der Waals surface area contributed by atoms with E-state index >= 15 is 0 Å². The third-order valence-corrected chi connectivity index (χ3v) is 3.93. The minimum atomic E-state index is -0.151. The zero-order chi connectivity index (χ0) is 13.8. The summed E-state index contributed by atoms with van der Waals surface area (Å²) in [6, 6.07) is 0.260. The molecule has 1 saturated carbocycles. The normalized spacial score (nSPS) is 24.2. The molecule has 0 saturated heterocycles. The summed E-state index contributed by atoms with van der Waals surface area (Å²) < 4.78 is 0. The van der Waals surface area contributed by atoms with Crippen molar-refractivity contribution in [2.24, 2.45) is 5.92 Å². The number of H-pyrrole nitrogens is 1. The van der Waals surface area contributed by atoms with Crippen LogP contribution in [0.4, 0.5) is 0 Å². The fraction of sp³-hybridized carbons (Fsp3) is 0.786. The number of amides is 1. The lowest BCUT2D eigenvalue weighted by Gasteiger charge is -2.21. The van der Waals surface area contributed by atoms with Gasteiger partial charge in [-0.3, -0.25) is 9.89 Å². The van der Waals surface area contributed by atoms with Crippen LogP contribution in [0.5, 0.6) is 0 Å². The number of hydrogen-bond donors (Lipinski definition) is 2. The lowest BCUT2D eigenvalue weighted by atomic mass is 9.97. The zero-order valence-electron chi connectivity index (χ0n) is 12.1. The molecule has 1 fully saturated rings. The first-order valence-corrected chi connectivity index (χ1v) is 7.31. The minimum Gasteiger partial charge on any atom is -0.346 e. The van der Waals surface area contributed by atoms with Crippen LogP contribution < -0.4 is 5.32 Å². The molecule has 2 N–H and O–H groups in total. The second kappa shape index (κ2) is 6.17. The van der Waals surface area contributed by atoms with Gasteiger partial charge in [0.15, 0.2) is 0 Å². The summed E-state index contributed by atoms with van der Waals surface area (Å²) in [6.45, 7) is 6.26. The topological polar surface area (TPSA) is 70.7 Å². The lowest BCUT2D eigenvalue weighted by molar-refractivity contribution is 0.0911. The molecule has 0 aliphatic heterocycles. The molecule has 1 aliphatic carbocycles. The van der Waals surface area contributed by atoms with Crippen LogP contribution in [-0.4, -0.2) is 27.1 Å². The number of aromatic amines is 1. The van der Waals surface area contributed by atoms with Crippen LogP contribution in [0, 0.1) is 5.92 Å². The average Bonchev–Trinajstić information content (AvgIpc) is 2.78. The van der Waals surface area contributed by atoms with Gasteiger partial charge in [0, 0.05) is 12.0 Å². The van der Waals surface area contributed by atoms with Gasteiger partial charge in [-0.1, -0.05) is 40.0 Å². The summed E-state index contributed by atoms with van der Waals surface area (Å²) >= 11 is 0. The van der Waals surface area contributed by atoms with Gasteiger partial charge >= 0.3 is 0 Å². The molecule has 2 rings (SSSR count). The summed E-state index contributed by atoms with van der Waals surface area (Å²) in [6.07, 6.45) is 5.99. The maximum Gasteiger partial charge on any atom is 0.291 e. The number of nitrogens with one attached hydrogen (secondary N) is 2. The maximum absolute atomic E-state index is 12.2. The van der Waals surface area contributed by atoms with Crippen LogP contribution in [0.25, 0.3) is 0 Å². The second-order valence-corrected chi connectivity index (χ2v) is 5.89. The highest BCUT2D eigenvalue weighted by Gasteiger charge is 2.23. The van der Waals surface area contributed by atoms with Gasteiger partial charge in [-0.15, -0.1) is 5.10 Å². The highest BCUT2D eigenvalue weighted by molar-refractivity contribution is 5.90. The molecule has 1 aromatic heterocycles. The molecule has 2 atom stereocenters. The van der Waals surface area contributed by atoms with E-state index in [1.807, 2.05) is 13.8 Å². The molecule has 106 valence electrons. The summed E-state index contributed by atoms with van der Waals surface area (Å²) in [5.74, 6) is 1.67. The van der Waals surface area contributed by atoms with Crippen molar-refractivity contribution < 1.29 is 4.79 Å². The van der Waals surface area contributed by atoms with E-state index in [2.05, 4.69) is 27.4 Å². The largest absolute Gasteiger partial charge is 0.346 e. The van der Waals surface area contributed by atoms with E-state index in [-0.39, 0.29) is 23.7 Å². The Morgan fingerprint density at radius 2 is 2.05 bits per heavy atom. The highest BCUT2D eigenvalue weighted by Crippen LogP contribution is 2.23. The van der Waals surface area contributed by atoms with E-state index in [9.17, 15) is 4.79 Å². The molecular formula is C14H24N4O. The minimum absolute atomic E-state index is 0.151. The van der Waals surface area contributed by atoms with Gasteiger partial charge in [0.1, 0.15) is 5.82 Å². The average molecular weight is 264 g/mol. The quantitative estimate of drug-likeness (QED) is 0.824. The molecule has 1 amide bonds. The van der Waals surface area contributed by atoms with Crippen LogP contribution >= 0.6 is 0 Å². The van der Waals surface area contributed by atoms with E-state index in [0.717, 1.165) is 12.2 Å². The molecule has 0 spiro atoms. The van der Waals surface area contributed by atoms with Crippen LogP contribution in [-0.2, 0) is 0 Å². The molecule has 0 radical (unpaired) electrons. The Morgan fingerprint density at radius 1 is 1.32 bits per heavy atom. The number of aromatic nitrogens is 3. The zero-order valence-corrected chi connectivity index (χ0v) is 12.1. The summed E-state index contributed by atoms with van der Waals surface area (Å²) in [5, 5.41) is 9.92. The van der Waals surface area contributed by atoms with Crippen molar-refractivity contribution in [3.05, 3.63) is 11.6 Å². The molecule has 5 nitrogen and oxygen atoms in total. The Labute approximate surface area is 114 Å². The summed E-state index contributed by atoms with van der Waals surface area (Å²) in [7, 11) is 0. The molecule has 0 bridgehead atoms. The first-order chi connectivity index (χ1) is 9.08. The van der Waals surface area contributed by atoms with Gasteiger partial charge in [-0.05, 0) is 18.8 Å². The molecule has 2 unspecified atom stereocenters. The Bertz CT molecular complexity index is 427. The van der Waals surface area contributed by atoms with Gasteiger partial charge in [-0.2, -0.15) is 0 Å². The van der Waals surface area contributed by atoms with Crippen LogP contribution in [0.2, 0.25) is 0 Å². The van der Waals surface area contributed by atoms with Gasteiger partial charge in [0.25, 0.3) is 5.91 Å². The SMILES string of the molecule is CC(C)c1nc(C(=O)NC2CCCCCC2C)n[nH]1. The number of nitrogens with zero attached hydrogens (tertiary/aromatic N) is 2. The Hall–Kier alpha value is -1.39. The van der Waals surface area contributed by atoms with Crippen molar-refractivity contribution in [2.75, 3.05) is 0 Å². The molecule has 1 aromatic rings. The van der Waals surface area contributed by atoms with Gasteiger partial charge in [0.05, 0.1) is 0 Å². The molecule has 1 aliphatic rings. The van der Waals surface area contributed by atoms with Crippen molar-refractivity contribution in [1.82, 2.24) is 20.5 Å². The van der Waals surface area contributed by atoms with E-state index in [1.54, 1.807) is 0 Å². The summed E-state index contributed by atoms with van der Waals surface area (Å²) in [4.78, 5) is 16.4. The highest BCUT2D eigenvalue weighted by atomic mass is 16.2. The summed E-state index contributed by atoms with van der Waals surface area (Å²) in [5.41, 5.74) is 0. The van der Waals surface area contributed by atoms with Crippen molar-refractivity contribution in [1.29, 1.82) is 0 Å². The monoisotopic (exact) mass is 264 g/mol. The van der Waals surface area contributed by atoms with Crippen molar-refractivity contribution in [3.8, 4) is 0 Å². The third-order valence-electron chi connectivity index (χ3n) is 3.93. The number of hydrogen-bond acceptors (Lipinski definition) is 3. The van der Waals surface area contributed by atoms with Crippen LogP contribution in [0.1, 0.15) is 75.2 Å². The standard InChI is InChI=1S/C14H24N4O/c1-9(2)12-16-13(18-17-12)14(19)15-11-8-6-4-5-7-10(11)3/h9-11H,4-8H2,1-3H3,(H,15,19)(H,16,17,18). The van der Waals surface area contributed by atoms with Crippen LogP contribution in [0.15, 0.2) is 0 Å². The molecule has 1 heterocycles. The van der Waals surface area contributed by atoms with Gasteiger partial charge in [-0.25, -0.2) is 4.98 Å². The number of rotatable bonds is 3. The van der Waals surface area contributed by atoms with Gasteiger partial charge < -0.3 is 5.32 Å².